The SMILES string of the molecule is O=C(Nc1ccccc1COc1ccccc1)c1cn2cccnc2n1. The maximum Gasteiger partial charge on any atom is 0.275 e. The van der Waals surface area contributed by atoms with E-state index >= 15 is 0 Å². The van der Waals surface area contributed by atoms with Gasteiger partial charge in [0, 0.05) is 29.8 Å². The molecule has 0 radical (unpaired) electrons. The molecule has 0 aliphatic rings. The molecule has 1 amide bonds. The summed E-state index contributed by atoms with van der Waals surface area (Å²) in [6.07, 6.45) is 5.09. The molecule has 6 heteroatoms. The van der Waals surface area contributed by atoms with Crippen LogP contribution in [0.4, 0.5) is 5.69 Å². The predicted octanol–water partition coefficient (Wildman–Crippen LogP) is 3.56. The fraction of sp³-hybridized carbons (Fsp3) is 0.0500. The Morgan fingerprint density at radius 1 is 1.04 bits per heavy atom. The van der Waals surface area contributed by atoms with Gasteiger partial charge in [0.15, 0.2) is 0 Å². The fourth-order valence-electron chi connectivity index (χ4n) is 2.57. The van der Waals surface area contributed by atoms with E-state index < -0.39 is 0 Å². The van der Waals surface area contributed by atoms with Gasteiger partial charge < -0.3 is 10.1 Å². The number of nitrogens with zero attached hydrogens (tertiary/aromatic N) is 3. The van der Waals surface area contributed by atoms with Gasteiger partial charge in [0.1, 0.15) is 18.1 Å². The summed E-state index contributed by atoms with van der Waals surface area (Å²) < 4.78 is 7.49. The van der Waals surface area contributed by atoms with Crippen LogP contribution in [0.1, 0.15) is 16.1 Å². The minimum atomic E-state index is -0.289. The van der Waals surface area contributed by atoms with Crippen molar-refractivity contribution in [1.29, 1.82) is 0 Å². The summed E-state index contributed by atoms with van der Waals surface area (Å²) in [6, 6.07) is 18.9. The Hall–Kier alpha value is -3.67. The number of carbonyl (C=O) groups excluding carboxylic acids is 1. The summed E-state index contributed by atoms with van der Waals surface area (Å²) >= 11 is 0. The average molecular weight is 344 g/mol. The number of rotatable bonds is 5. The lowest BCUT2D eigenvalue weighted by Crippen LogP contribution is -2.14. The van der Waals surface area contributed by atoms with Crippen molar-refractivity contribution >= 4 is 17.4 Å². The van der Waals surface area contributed by atoms with Crippen LogP contribution in [0.25, 0.3) is 5.78 Å². The molecule has 128 valence electrons. The van der Waals surface area contributed by atoms with Crippen molar-refractivity contribution in [3.05, 3.63) is 90.5 Å². The molecule has 0 aliphatic carbocycles. The molecule has 0 spiro atoms. The maximum atomic E-state index is 12.6. The van der Waals surface area contributed by atoms with Crippen molar-refractivity contribution in [2.24, 2.45) is 0 Å². The van der Waals surface area contributed by atoms with Crippen molar-refractivity contribution in [2.45, 2.75) is 6.61 Å². The van der Waals surface area contributed by atoms with Crippen LogP contribution >= 0.6 is 0 Å². The van der Waals surface area contributed by atoms with E-state index in [0.717, 1.165) is 11.3 Å². The minimum absolute atomic E-state index is 0.289. The molecular formula is C20H16N4O2. The van der Waals surface area contributed by atoms with Crippen molar-refractivity contribution in [1.82, 2.24) is 14.4 Å². The van der Waals surface area contributed by atoms with E-state index in [1.165, 1.54) is 0 Å². The second kappa shape index (κ2) is 7.06. The van der Waals surface area contributed by atoms with E-state index in [2.05, 4.69) is 15.3 Å². The van der Waals surface area contributed by atoms with Gasteiger partial charge in [-0.1, -0.05) is 36.4 Å². The first kappa shape index (κ1) is 15.8. The Morgan fingerprint density at radius 3 is 2.69 bits per heavy atom. The van der Waals surface area contributed by atoms with Gasteiger partial charge in [-0.15, -0.1) is 0 Å². The first-order chi connectivity index (χ1) is 12.8. The Bertz CT molecular complexity index is 1010. The van der Waals surface area contributed by atoms with E-state index in [1.54, 1.807) is 29.1 Å². The van der Waals surface area contributed by atoms with Crippen molar-refractivity contribution in [2.75, 3.05) is 5.32 Å². The number of fused-ring (bicyclic) bond motifs is 1. The number of para-hydroxylation sites is 2. The topological polar surface area (TPSA) is 68.5 Å². The number of carbonyl (C=O) groups is 1. The third-order valence-electron chi connectivity index (χ3n) is 3.87. The lowest BCUT2D eigenvalue weighted by molar-refractivity contribution is 0.102. The molecule has 0 fully saturated rings. The van der Waals surface area contributed by atoms with Gasteiger partial charge in [0.25, 0.3) is 5.91 Å². The number of aromatic nitrogens is 3. The Labute approximate surface area is 150 Å². The van der Waals surface area contributed by atoms with Gasteiger partial charge in [-0.2, -0.15) is 0 Å². The van der Waals surface area contributed by atoms with Crippen LogP contribution in [0.5, 0.6) is 5.75 Å². The molecule has 0 atom stereocenters. The Morgan fingerprint density at radius 2 is 1.85 bits per heavy atom. The monoisotopic (exact) mass is 344 g/mol. The van der Waals surface area contributed by atoms with E-state index in [1.807, 2.05) is 54.6 Å². The summed E-state index contributed by atoms with van der Waals surface area (Å²) in [5.74, 6) is 0.973. The number of benzene rings is 2. The number of hydrogen-bond acceptors (Lipinski definition) is 4. The van der Waals surface area contributed by atoms with Crippen LogP contribution in [-0.4, -0.2) is 20.3 Å². The molecule has 0 aliphatic heterocycles. The lowest BCUT2D eigenvalue weighted by atomic mass is 10.2. The molecule has 0 saturated carbocycles. The predicted molar refractivity (Wildman–Crippen MR) is 98.2 cm³/mol. The van der Waals surface area contributed by atoms with Crippen LogP contribution in [0.3, 0.4) is 0 Å². The van der Waals surface area contributed by atoms with Crippen LogP contribution in [0.2, 0.25) is 0 Å². The highest BCUT2D eigenvalue weighted by Gasteiger charge is 2.13. The molecule has 0 bridgehead atoms. The molecule has 2 heterocycles. The molecule has 0 unspecified atom stereocenters. The molecule has 1 N–H and O–H groups in total. The largest absolute Gasteiger partial charge is 0.489 e. The first-order valence-corrected chi connectivity index (χ1v) is 8.16. The molecular weight excluding hydrogens is 328 g/mol. The molecule has 0 saturated heterocycles. The standard InChI is InChI=1S/C20H16N4O2/c25-19(18-13-24-12-6-11-21-20(24)23-18)22-17-10-5-4-7-15(17)14-26-16-8-2-1-3-9-16/h1-13H,14H2,(H,22,25). The maximum absolute atomic E-state index is 12.6. The van der Waals surface area contributed by atoms with E-state index in [0.29, 0.717) is 23.8 Å². The lowest BCUT2D eigenvalue weighted by Gasteiger charge is -2.11. The third-order valence-corrected chi connectivity index (χ3v) is 3.87. The molecule has 6 nitrogen and oxygen atoms in total. The number of nitrogens with one attached hydrogen (secondary N) is 1. The zero-order valence-electron chi connectivity index (χ0n) is 13.9. The molecule has 4 rings (SSSR count). The van der Waals surface area contributed by atoms with Crippen LogP contribution in [-0.2, 0) is 6.61 Å². The number of ether oxygens (including phenoxy) is 1. The molecule has 2 aromatic carbocycles. The van der Waals surface area contributed by atoms with Gasteiger partial charge >= 0.3 is 0 Å². The first-order valence-electron chi connectivity index (χ1n) is 8.16. The Kier molecular flexibility index (Phi) is 4.30. The van der Waals surface area contributed by atoms with E-state index in [9.17, 15) is 4.79 Å². The molecule has 26 heavy (non-hydrogen) atoms. The number of hydrogen-bond donors (Lipinski definition) is 1. The Balaban J connectivity index is 1.51. The van der Waals surface area contributed by atoms with Gasteiger partial charge in [0.2, 0.25) is 5.78 Å². The van der Waals surface area contributed by atoms with E-state index in [-0.39, 0.29) is 5.91 Å². The van der Waals surface area contributed by atoms with Crippen LogP contribution in [0.15, 0.2) is 79.3 Å². The third kappa shape index (κ3) is 3.39. The second-order valence-corrected chi connectivity index (χ2v) is 5.67. The van der Waals surface area contributed by atoms with Gasteiger partial charge in [0.05, 0.1) is 0 Å². The summed E-state index contributed by atoms with van der Waals surface area (Å²) in [7, 11) is 0. The number of imidazole rings is 1. The van der Waals surface area contributed by atoms with Crippen molar-refractivity contribution in [3.63, 3.8) is 0 Å². The molecule has 4 aromatic rings. The highest BCUT2D eigenvalue weighted by molar-refractivity contribution is 6.03. The van der Waals surface area contributed by atoms with Gasteiger partial charge in [-0.3, -0.25) is 9.20 Å². The van der Waals surface area contributed by atoms with Crippen LogP contribution in [0, 0.1) is 0 Å². The summed E-state index contributed by atoms with van der Waals surface area (Å²) in [6.45, 7) is 0.354. The zero-order chi connectivity index (χ0) is 17.8. The van der Waals surface area contributed by atoms with Gasteiger partial charge in [-0.05, 0) is 24.3 Å². The highest BCUT2D eigenvalue weighted by atomic mass is 16.5. The summed E-state index contributed by atoms with van der Waals surface area (Å²) in [5, 5.41) is 2.90. The van der Waals surface area contributed by atoms with Crippen molar-refractivity contribution in [3.8, 4) is 5.75 Å². The minimum Gasteiger partial charge on any atom is -0.489 e. The second-order valence-electron chi connectivity index (χ2n) is 5.67. The van der Waals surface area contributed by atoms with Gasteiger partial charge in [-0.25, -0.2) is 9.97 Å². The van der Waals surface area contributed by atoms with Crippen molar-refractivity contribution < 1.29 is 9.53 Å². The smallest absolute Gasteiger partial charge is 0.275 e. The number of amides is 1. The quantitative estimate of drug-likeness (QED) is 0.601. The number of anilines is 1. The molecule has 2 aromatic heterocycles. The summed E-state index contributed by atoms with van der Waals surface area (Å²) in [5.41, 5.74) is 1.88. The average Bonchev–Trinajstić information content (AvgIpc) is 3.12. The van der Waals surface area contributed by atoms with E-state index in [4.69, 9.17) is 4.74 Å². The van der Waals surface area contributed by atoms with Crippen LogP contribution < -0.4 is 10.1 Å². The normalized spacial score (nSPS) is 10.6. The fourth-order valence-corrected chi connectivity index (χ4v) is 2.57. The zero-order valence-corrected chi connectivity index (χ0v) is 13.9. The summed E-state index contributed by atoms with van der Waals surface area (Å²) in [4.78, 5) is 20.9. The highest BCUT2D eigenvalue weighted by Crippen LogP contribution is 2.19.